The van der Waals surface area contributed by atoms with Gasteiger partial charge in [-0.05, 0) is 24.8 Å². The molecular formula is C17H22N4O2. The first-order valence-corrected chi connectivity index (χ1v) is 7.98. The number of hydrogen-bond donors (Lipinski definition) is 2. The van der Waals surface area contributed by atoms with Crippen LogP contribution in [0.5, 0.6) is 0 Å². The Hall–Kier alpha value is -2.18. The van der Waals surface area contributed by atoms with Crippen molar-refractivity contribution in [2.24, 2.45) is 5.73 Å². The number of nitrogens with one attached hydrogen (secondary N) is 1. The molecule has 0 radical (unpaired) electrons. The highest BCUT2D eigenvalue weighted by Gasteiger charge is 2.30. The van der Waals surface area contributed by atoms with Crippen molar-refractivity contribution in [3.05, 3.63) is 48.2 Å². The van der Waals surface area contributed by atoms with Crippen molar-refractivity contribution in [1.82, 2.24) is 9.78 Å². The summed E-state index contributed by atoms with van der Waals surface area (Å²) in [6, 6.07) is 12.0. The Morgan fingerprint density at radius 2 is 2.13 bits per heavy atom. The number of ether oxygens (including phenoxy) is 1. The standard InChI is InChI=1S/C17H22N4O2/c18-12-14-6-7-15(23-14)17(22)20-16-8-10-19-21(16)11-9-13-4-2-1-3-5-13/h1-5,8,10,14-15H,6-7,9,11-12,18H2,(H,20,22)/t14-,15+/m1/s1. The Morgan fingerprint density at radius 1 is 1.30 bits per heavy atom. The van der Waals surface area contributed by atoms with Gasteiger partial charge in [0.25, 0.3) is 5.91 Å². The van der Waals surface area contributed by atoms with Gasteiger partial charge in [0.05, 0.1) is 12.3 Å². The van der Waals surface area contributed by atoms with Gasteiger partial charge in [-0.15, -0.1) is 0 Å². The fourth-order valence-electron chi connectivity index (χ4n) is 2.78. The number of rotatable bonds is 6. The molecule has 0 saturated carbocycles. The molecule has 6 heteroatoms. The van der Waals surface area contributed by atoms with E-state index in [0.717, 1.165) is 12.8 Å². The summed E-state index contributed by atoms with van der Waals surface area (Å²) in [5, 5.41) is 7.19. The summed E-state index contributed by atoms with van der Waals surface area (Å²) in [6.07, 6.45) is 3.68. The molecule has 2 heterocycles. The molecule has 1 fully saturated rings. The lowest BCUT2D eigenvalue weighted by Gasteiger charge is -2.13. The molecule has 23 heavy (non-hydrogen) atoms. The molecule has 1 amide bonds. The lowest BCUT2D eigenvalue weighted by atomic mass is 10.1. The minimum Gasteiger partial charge on any atom is -0.364 e. The van der Waals surface area contributed by atoms with Crippen LogP contribution in [-0.2, 0) is 22.5 Å². The van der Waals surface area contributed by atoms with E-state index in [1.165, 1.54) is 5.56 Å². The third kappa shape index (κ3) is 3.97. The predicted molar refractivity (Wildman–Crippen MR) is 88.0 cm³/mol. The normalized spacial score (nSPS) is 20.6. The quantitative estimate of drug-likeness (QED) is 0.848. The summed E-state index contributed by atoms with van der Waals surface area (Å²) in [5.74, 6) is 0.577. The van der Waals surface area contributed by atoms with Crippen LogP contribution in [-0.4, -0.2) is 34.4 Å². The molecule has 3 N–H and O–H groups in total. The highest BCUT2D eigenvalue weighted by atomic mass is 16.5. The zero-order valence-corrected chi connectivity index (χ0v) is 13.0. The Labute approximate surface area is 135 Å². The van der Waals surface area contributed by atoms with Crippen LogP contribution in [0.25, 0.3) is 0 Å². The maximum absolute atomic E-state index is 12.3. The highest BCUT2D eigenvalue weighted by Crippen LogP contribution is 2.20. The first-order valence-electron chi connectivity index (χ1n) is 7.98. The smallest absolute Gasteiger partial charge is 0.254 e. The van der Waals surface area contributed by atoms with E-state index in [2.05, 4.69) is 22.5 Å². The number of nitrogens with zero attached hydrogens (tertiary/aromatic N) is 2. The molecule has 6 nitrogen and oxygen atoms in total. The summed E-state index contributed by atoms with van der Waals surface area (Å²) in [7, 11) is 0. The van der Waals surface area contributed by atoms with E-state index in [0.29, 0.717) is 25.3 Å². The fourth-order valence-corrected chi connectivity index (χ4v) is 2.78. The topological polar surface area (TPSA) is 82.2 Å². The van der Waals surface area contributed by atoms with E-state index in [4.69, 9.17) is 10.5 Å². The zero-order valence-electron chi connectivity index (χ0n) is 13.0. The lowest BCUT2D eigenvalue weighted by molar-refractivity contribution is -0.126. The lowest BCUT2D eigenvalue weighted by Crippen LogP contribution is -2.30. The molecule has 3 rings (SSSR count). The Morgan fingerprint density at radius 3 is 2.87 bits per heavy atom. The predicted octanol–water partition coefficient (Wildman–Crippen LogP) is 1.57. The number of hydrogen-bond acceptors (Lipinski definition) is 4. The maximum atomic E-state index is 12.3. The van der Waals surface area contributed by atoms with Gasteiger partial charge in [-0.25, -0.2) is 4.68 Å². The number of carbonyl (C=O) groups is 1. The molecule has 0 aliphatic carbocycles. The molecule has 0 bridgehead atoms. The second kappa shape index (κ2) is 7.39. The number of amides is 1. The zero-order chi connectivity index (χ0) is 16.1. The van der Waals surface area contributed by atoms with Crippen LogP contribution in [0.3, 0.4) is 0 Å². The molecular weight excluding hydrogens is 292 g/mol. The Balaban J connectivity index is 1.57. The van der Waals surface area contributed by atoms with Gasteiger partial charge >= 0.3 is 0 Å². The number of carbonyl (C=O) groups excluding carboxylic acids is 1. The summed E-state index contributed by atoms with van der Waals surface area (Å²) >= 11 is 0. The Kier molecular flexibility index (Phi) is 5.05. The largest absolute Gasteiger partial charge is 0.364 e. The van der Waals surface area contributed by atoms with Crippen LogP contribution < -0.4 is 11.1 Å². The van der Waals surface area contributed by atoms with Crippen molar-refractivity contribution < 1.29 is 9.53 Å². The van der Waals surface area contributed by atoms with Crippen LogP contribution in [0.15, 0.2) is 42.6 Å². The molecule has 122 valence electrons. The molecule has 0 spiro atoms. The van der Waals surface area contributed by atoms with Crippen LogP contribution >= 0.6 is 0 Å². The highest BCUT2D eigenvalue weighted by molar-refractivity contribution is 5.93. The SMILES string of the molecule is NC[C@H]1CC[C@@H](C(=O)Nc2ccnn2CCc2ccccc2)O1. The molecule has 2 atom stereocenters. The van der Waals surface area contributed by atoms with Crippen molar-refractivity contribution in [1.29, 1.82) is 0 Å². The summed E-state index contributed by atoms with van der Waals surface area (Å²) < 4.78 is 7.43. The van der Waals surface area contributed by atoms with Gasteiger partial charge in [0.15, 0.2) is 0 Å². The van der Waals surface area contributed by atoms with E-state index < -0.39 is 6.10 Å². The third-order valence-corrected chi connectivity index (χ3v) is 4.09. The minimum absolute atomic E-state index is 0.00580. The van der Waals surface area contributed by atoms with Crippen LogP contribution in [0, 0.1) is 0 Å². The van der Waals surface area contributed by atoms with Crippen molar-refractivity contribution in [3.63, 3.8) is 0 Å². The van der Waals surface area contributed by atoms with E-state index in [1.807, 2.05) is 18.2 Å². The van der Waals surface area contributed by atoms with Gasteiger partial charge in [-0.2, -0.15) is 5.10 Å². The van der Waals surface area contributed by atoms with E-state index in [1.54, 1.807) is 16.9 Å². The van der Waals surface area contributed by atoms with Crippen molar-refractivity contribution in [2.45, 2.75) is 38.0 Å². The van der Waals surface area contributed by atoms with Crippen molar-refractivity contribution in [2.75, 3.05) is 11.9 Å². The van der Waals surface area contributed by atoms with Gasteiger partial charge in [-0.3, -0.25) is 4.79 Å². The second-order valence-corrected chi connectivity index (χ2v) is 5.72. The number of nitrogens with two attached hydrogens (primary N) is 1. The Bertz CT molecular complexity index is 641. The maximum Gasteiger partial charge on any atom is 0.254 e. The van der Waals surface area contributed by atoms with E-state index in [-0.39, 0.29) is 12.0 Å². The van der Waals surface area contributed by atoms with Gasteiger partial charge in [0, 0.05) is 19.2 Å². The summed E-state index contributed by atoms with van der Waals surface area (Å²) in [5.41, 5.74) is 6.82. The van der Waals surface area contributed by atoms with Crippen LogP contribution in [0.2, 0.25) is 0 Å². The molecule has 0 unspecified atom stereocenters. The monoisotopic (exact) mass is 314 g/mol. The minimum atomic E-state index is -0.416. The van der Waals surface area contributed by atoms with Gasteiger partial charge in [0.2, 0.25) is 0 Å². The average molecular weight is 314 g/mol. The molecule has 2 aromatic rings. The second-order valence-electron chi connectivity index (χ2n) is 5.72. The molecule has 1 aliphatic rings. The third-order valence-electron chi connectivity index (χ3n) is 4.09. The summed E-state index contributed by atoms with van der Waals surface area (Å²) in [4.78, 5) is 12.3. The first-order chi connectivity index (χ1) is 11.3. The van der Waals surface area contributed by atoms with E-state index >= 15 is 0 Å². The van der Waals surface area contributed by atoms with Crippen LogP contribution in [0.1, 0.15) is 18.4 Å². The van der Waals surface area contributed by atoms with Gasteiger partial charge < -0.3 is 15.8 Å². The molecule has 1 saturated heterocycles. The fraction of sp³-hybridized carbons (Fsp3) is 0.412. The van der Waals surface area contributed by atoms with Gasteiger partial charge in [-0.1, -0.05) is 30.3 Å². The number of benzene rings is 1. The number of aromatic nitrogens is 2. The summed E-state index contributed by atoms with van der Waals surface area (Å²) in [6.45, 7) is 1.17. The van der Waals surface area contributed by atoms with E-state index in [9.17, 15) is 4.79 Å². The van der Waals surface area contributed by atoms with Crippen LogP contribution in [0.4, 0.5) is 5.82 Å². The van der Waals surface area contributed by atoms with Crippen molar-refractivity contribution >= 4 is 11.7 Å². The number of anilines is 1. The average Bonchev–Trinajstić information content (AvgIpc) is 3.23. The number of aryl methyl sites for hydroxylation is 2. The van der Waals surface area contributed by atoms with Crippen molar-refractivity contribution in [3.8, 4) is 0 Å². The molecule has 1 aliphatic heterocycles. The molecule has 1 aromatic heterocycles. The first kappa shape index (κ1) is 15.7. The molecule has 1 aromatic carbocycles. The van der Waals surface area contributed by atoms with Gasteiger partial charge in [0.1, 0.15) is 11.9 Å².